The number of tetrazole rings is 1. The highest BCUT2D eigenvalue weighted by atomic mass is 79.9. The number of carboxylic acid groups (broad SMARTS) is 3. The Morgan fingerprint density at radius 3 is 1.73 bits per heavy atom. The van der Waals surface area contributed by atoms with Crippen LogP contribution in [0.25, 0.3) is 0 Å². The average molecular weight is 1120 g/mol. The molecule has 23 nitrogen and oxygen atoms in total. The van der Waals surface area contributed by atoms with Crippen LogP contribution in [0.1, 0.15) is 179 Å². The zero-order valence-corrected chi connectivity index (χ0v) is 44.7. The van der Waals surface area contributed by atoms with Gasteiger partial charge in [0.05, 0.1) is 42.7 Å². The number of ether oxygens (including phenoxy) is 2. The smallest absolute Gasteiger partial charge is 0.326 e. The molecular formula is C48H80BrN7O16S. The molecule has 0 spiro atoms. The zero-order chi connectivity index (χ0) is 54.1. The first-order chi connectivity index (χ1) is 34.9. The Morgan fingerprint density at radius 2 is 1.12 bits per heavy atom. The van der Waals surface area contributed by atoms with Crippen LogP contribution in [-0.2, 0) is 69.1 Å². The molecule has 1 aromatic rings. The van der Waals surface area contributed by atoms with Crippen molar-refractivity contribution in [1.29, 1.82) is 0 Å². The molecule has 416 valence electrons. The Morgan fingerprint density at radius 1 is 0.562 bits per heavy atom. The number of carbonyl (C=O) groups is 9. The Bertz CT molecular complexity index is 1910. The number of sulfonamides is 1. The SMILES string of the molecule is O=C(CBr)CCCCCC(CC(=O)COCCOCCNC(=O)CCC(CC(=O)CCC(NC(=O)CCCS(=O)(=O)NC(=O)CCCCCCCCCCCCCCCc1nn[nH]n1)C(=O)O)C(=O)O)C(=O)O. The number of carboxylic acids is 3. The lowest BCUT2D eigenvalue weighted by Gasteiger charge is -2.15. The minimum absolute atomic E-state index is 0.0395. The van der Waals surface area contributed by atoms with Gasteiger partial charge < -0.3 is 35.4 Å². The summed E-state index contributed by atoms with van der Waals surface area (Å²) in [5, 5.41) is 47.7. The number of halogens is 1. The lowest BCUT2D eigenvalue weighted by atomic mass is 9.94. The molecule has 25 heteroatoms. The maximum absolute atomic E-state index is 12.7. The second-order valence-electron chi connectivity index (χ2n) is 18.3. The molecule has 3 atom stereocenters. The van der Waals surface area contributed by atoms with Gasteiger partial charge in [0.2, 0.25) is 27.7 Å². The minimum atomic E-state index is -4.03. The van der Waals surface area contributed by atoms with Crippen LogP contribution in [0.15, 0.2) is 0 Å². The fourth-order valence-electron chi connectivity index (χ4n) is 7.68. The molecule has 0 saturated carbocycles. The lowest BCUT2D eigenvalue weighted by Crippen LogP contribution is -2.41. The van der Waals surface area contributed by atoms with Gasteiger partial charge in [-0.2, -0.15) is 5.21 Å². The van der Waals surface area contributed by atoms with Crippen molar-refractivity contribution in [2.24, 2.45) is 11.8 Å². The van der Waals surface area contributed by atoms with Gasteiger partial charge in [0.25, 0.3) is 0 Å². The van der Waals surface area contributed by atoms with Gasteiger partial charge >= 0.3 is 17.9 Å². The molecule has 0 aliphatic carbocycles. The van der Waals surface area contributed by atoms with E-state index in [0.717, 1.165) is 57.2 Å². The van der Waals surface area contributed by atoms with Crippen molar-refractivity contribution in [3.8, 4) is 0 Å². The molecule has 0 aliphatic rings. The Balaban J connectivity index is 2.18. The molecule has 0 radical (unpaired) electrons. The number of aromatic nitrogens is 4. The lowest BCUT2D eigenvalue weighted by molar-refractivity contribution is -0.145. The number of unbranched alkanes of at least 4 members (excludes halogenated alkanes) is 14. The van der Waals surface area contributed by atoms with Crippen LogP contribution in [0, 0.1) is 11.8 Å². The van der Waals surface area contributed by atoms with Crippen molar-refractivity contribution in [2.75, 3.05) is 44.1 Å². The fourth-order valence-corrected chi connectivity index (χ4v) is 9.04. The summed E-state index contributed by atoms with van der Waals surface area (Å²) in [5.74, 6) is -8.52. The number of amides is 3. The normalized spacial score (nSPS) is 12.6. The van der Waals surface area contributed by atoms with Crippen LogP contribution < -0.4 is 15.4 Å². The van der Waals surface area contributed by atoms with Crippen LogP contribution in [0.3, 0.4) is 0 Å². The van der Waals surface area contributed by atoms with Crippen LogP contribution in [0.5, 0.6) is 0 Å². The number of aliphatic carboxylic acids is 3. The quantitative estimate of drug-likeness (QED) is 0.0335. The average Bonchev–Trinajstić information content (AvgIpc) is 3.86. The number of hydrogen-bond donors (Lipinski definition) is 7. The van der Waals surface area contributed by atoms with E-state index in [1.54, 1.807) is 0 Å². The number of alkyl halides is 1. The van der Waals surface area contributed by atoms with E-state index >= 15 is 0 Å². The molecule has 1 heterocycles. The molecule has 0 aromatic carbocycles. The summed E-state index contributed by atoms with van der Waals surface area (Å²) in [5.41, 5.74) is 0. The zero-order valence-electron chi connectivity index (χ0n) is 42.3. The molecule has 0 aliphatic heterocycles. The summed E-state index contributed by atoms with van der Waals surface area (Å²) in [7, 11) is -4.03. The summed E-state index contributed by atoms with van der Waals surface area (Å²) in [4.78, 5) is 109. The highest BCUT2D eigenvalue weighted by Gasteiger charge is 2.26. The number of aryl methyl sites for hydroxylation is 1. The number of nitrogens with zero attached hydrogens (tertiary/aromatic N) is 3. The number of carbonyl (C=O) groups excluding carboxylic acids is 6. The third kappa shape index (κ3) is 37.6. The molecule has 3 amide bonds. The van der Waals surface area contributed by atoms with Crippen LogP contribution >= 0.6 is 15.9 Å². The predicted molar refractivity (Wildman–Crippen MR) is 270 cm³/mol. The van der Waals surface area contributed by atoms with Crippen molar-refractivity contribution < 1.29 is 76.4 Å². The maximum atomic E-state index is 12.7. The van der Waals surface area contributed by atoms with Gasteiger partial charge in [-0.25, -0.2) is 13.2 Å². The number of Topliss-reactive ketones (excluding diaryl/α,β-unsaturated/α-hetero) is 3. The summed E-state index contributed by atoms with van der Waals surface area (Å²) in [6.07, 6.45) is 15.1. The van der Waals surface area contributed by atoms with Crippen molar-refractivity contribution >= 4 is 78.9 Å². The molecule has 73 heavy (non-hydrogen) atoms. The molecular weight excluding hydrogens is 1040 g/mol. The van der Waals surface area contributed by atoms with Gasteiger partial charge in [-0.15, -0.1) is 10.2 Å². The second-order valence-corrected chi connectivity index (χ2v) is 20.7. The Labute approximate surface area is 437 Å². The van der Waals surface area contributed by atoms with Gasteiger partial charge in [-0.1, -0.05) is 105 Å². The summed E-state index contributed by atoms with van der Waals surface area (Å²) >= 11 is 3.10. The van der Waals surface area contributed by atoms with Gasteiger partial charge in [-0.3, -0.25) is 43.1 Å². The van der Waals surface area contributed by atoms with Crippen molar-refractivity contribution in [3.63, 3.8) is 0 Å². The Hall–Kier alpha value is -4.75. The predicted octanol–water partition coefficient (Wildman–Crippen LogP) is 4.94. The van der Waals surface area contributed by atoms with Crippen LogP contribution in [-0.4, -0.2) is 147 Å². The highest BCUT2D eigenvalue weighted by Crippen LogP contribution is 2.18. The third-order valence-corrected chi connectivity index (χ3v) is 13.8. The summed E-state index contributed by atoms with van der Waals surface area (Å²) in [6.45, 7) is -0.0261. The van der Waals surface area contributed by atoms with Crippen LogP contribution in [0.4, 0.5) is 0 Å². The van der Waals surface area contributed by atoms with Gasteiger partial charge in [-0.05, 0) is 44.9 Å². The molecule has 1 rings (SSSR count). The molecule has 0 saturated heterocycles. The molecule has 7 N–H and O–H groups in total. The van der Waals surface area contributed by atoms with E-state index < -0.39 is 81.5 Å². The van der Waals surface area contributed by atoms with E-state index in [-0.39, 0.29) is 101 Å². The second kappa shape index (κ2) is 41.6. The van der Waals surface area contributed by atoms with Crippen molar-refractivity contribution in [2.45, 2.75) is 186 Å². The van der Waals surface area contributed by atoms with Crippen molar-refractivity contribution in [1.82, 2.24) is 36.0 Å². The minimum Gasteiger partial charge on any atom is -0.481 e. The molecule has 0 fully saturated rings. The number of H-pyrrole nitrogens is 1. The fraction of sp³-hybridized carbons (Fsp3) is 0.792. The molecule has 1 aromatic heterocycles. The number of nitrogens with one attached hydrogen (secondary N) is 4. The number of hydrogen-bond acceptors (Lipinski definition) is 16. The summed E-state index contributed by atoms with van der Waals surface area (Å²) in [6, 6.07) is -1.51. The van der Waals surface area contributed by atoms with E-state index in [2.05, 4.69) is 47.2 Å². The number of rotatable bonds is 50. The van der Waals surface area contributed by atoms with E-state index in [0.29, 0.717) is 38.5 Å². The van der Waals surface area contributed by atoms with Gasteiger partial charge in [0, 0.05) is 57.9 Å². The van der Waals surface area contributed by atoms with Gasteiger partial charge in [0.1, 0.15) is 24.2 Å². The largest absolute Gasteiger partial charge is 0.481 e. The molecule has 3 unspecified atom stereocenters. The standard InChI is InChI=1S/C48H80BrN7O16S/c49-34-39(58)19-14-12-13-18-36(46(63)64)33-40(59)35-72-30-29-71-28-27-50-43(60)26-23-37(47(65)66)32-38(57)24-25-41(48(67)68)51-44(61)22-17-31-73(69,70)54-45(62)21-16-11-9-7-5-3-1-2-4-6-8-10-15-20-42-52-55-56-53-42/h36-37,41H,1-35H2,(H,50,60)(H,51,61)(H,54,62)(H,63,64)(H,65,66)(H,67,68)(H,52,53,55,56). The van der Waals surface area contributed by atoms with Crippen molar-refractivity contribution in [3.05, 3.63) is 5.82 Å². The number of ketones is 3. The molecule has 0 bridgehead atoms. The van der Waals surface area contributed by atoms with E-state index in [1.165, 1.54) is 32.1 Å². The Kier molecular flexibility index (Phi) is 37.7. The number of aromatic amines is 1. The van der Waals surface area contributed by atoms with E-state index in [1.807, 2.05) is 4.72 Å². The monoisotopic (exact) mass is 1120 g/mol. The third-order valence-electron chi connectivity index (χ3n) is 11.9. The first kappa shape index (κ1) is 66.3. The maximum Gasteiger partial charge on any atom is 0.326 e. The topological polar surface area (TPSA) is 357 Å². The first-order valence-electron chi connectivity index (χ1n) is 25.7. The van der Waals surface area contributed by atoms with E-state index in [9.17, 15) is 66.9 Å². The summed E-state index contributed by atoms with van der Waals surface area (Å²) < 4.78 is 37.5. The highest BCUT2D eigenvalue weighted by molar-refractivity contribution is 9.09. The van der Waals surface area contributed by atoms with Crippen LogP contribution in [0.2, 0.25) is 0 Å². The van der Waals surface area contributed by atoms with E-state index in [4.69, 9.17) is 9.47 Å². The first-order valence-corrected chi connectivity index (χ1v) is 28.5. The van der Waals surface area contributed by atoms with Gasteiger partial charge in [0.15, 0.2) is 11.6 Å².